The summed E-state index contributed by atoms with van der Waals surface area (Å²) in [5.74, 6) is 0.405. The molecule has 0 unspecified atom stereocenters. The van der Waals surface area contributed by atoms with E-state index in [2.05, 4.69) is 25.4 Å². The standard InChI is InChI=1S/C15H14FN7O/c16-10-4-7-22(9-10)13-3-2-12-19-8-11(23(12)21-13)14(24)20-15-17-5-1-6-18-15/h1-3,5-6,8,10H,4,7,9H2,(H,17,18,20,24)/t10-/m0/s1. The molecular formula is C15H14FN7O. The van der Waals surface area contributed by atoms with Crippen LogP contribution in [-0.4, -0.2) is 49.7 Å². The lowest BCUT2D eigenvalue weighted by Crippen LogP contribution is -2.23. The van der Waals surface area contributed by atoms with Crippen LogP contribution in [0.2, 0.25) is 0 Å². The van der Waals surface area contributed by atoms with Gasteiger partial charge < -0.3 is 4.90 Å². The molecule has 0 saturated carbocycles. The first kappa shape index (κ1) is 14.5. The van der Waals surface area contributed by atoms with Crippen molar-refractivity contribution in [3.8, 4) is 0 Å². The Bertz CT molecular complexity index is 882. The van der Waals surface area contributed by atoms with Crippen LogP contribution in [0.4, 0.5) is 16.2 Å². The van der Waals surface area contributed by atoms with E-state index >= 15 is 0 Å². The van der Waals surface area contributed by atoms with Crippen LogP contribution in [0.5, 0.6) is 0 Å². The molecule has 0 bridgehead atoms. The fraction of sp³-hybridized carbons (Fsp3) is 0.267. The van der Waals surface area contributed by atoms with Crippen molar-refractivity contribution in [1.29, 1.82) is 0 Å². The van der Waals surface area contributed by atoms with Gasteiger partial charge in [-0.25, -0.2) is 23.9 Å². The number of alkyl halides is 1. The third-order valence-corrected chi connectivity index (χ3v) is 3.83. The molecule has 0 aromatic carbocycles. The van der Waals surface area contributed by atoms with Crippen molar-refractivity contribution in [2.24, 2.45) is 0 Å². The van der Waals surface area contributed by atoms with E-state index in [-0.39, 0.29) is 11.6 Å². The summed E-state index contributed by atoms with van der Waals surface area (Å²) in [6.45, 7) is 0.917. The van der Waals surface area contributed by atoms with Gasteiger partial charge in [-0.3, -0.25) is 10.1 Å². The molecule has 122 valence electrons. The summed E-state index contributed by atoms with van der Waals surface area (Å²) in [4.78, 5) is 26.3. The number of imidazole rings is 1. The summed E-state index contributed by atoms with van der Waals surface area (Å²) < 4.78 is 14.8. The molecule has 1 N–H and O–H groups in total. The predicted octanol–water partition coefficient (Wildman–Crippen LogP) is 1.32. The monoisotopic (exact) mass is 327 g/mol. The number of amides is 1. The second-order valence-corrected chi connectivity index (χ2v) is 5.46. The van der Waals surface area contributed by atoms with Crippen molar-refractivity contribution in [2.45, 2.75) is 12.6 Å². The number of rotatable bonds is 3. The molecule has 0 spiro atoms. The Morgan fingerprint density at radius 2 is 2.08 bits per heavy atom. The van der Waals surface area contributed by atoms with Gasteiger partial charge in [0.05, 0.1) is 12.7 Å². The number of halogens is 1. The summed E-state index contributed by atoms with van der Waals surface area (Å²) >= 11 is 0. The van der Waals surface area contributed by atoms with Crippen molar-refractivity contribution >= 4 is 23.3 Å². The molecule has 24 heavy (non-hydrogen) atoms. The molecule has 4 heterocycles. The maximum atomic E-state index is 13.4. The Morgan fingerprint density at radius 3 is 2.83 bits per heavy atom. The number of nitrogens with zero attached hydrogens (tertiary/aromatic N) is 6. The number of hydrogen-bond acceptors (Lipinski definition) is 6. The Morgan fingerprint density at radius 1 is 1.25 bits per heavy atom. The number of hydrogen-bond donors (Lipinski definition) is 1. The van der Waals surface area contributed by atoms with Gasteiger partial charge in [0.1, 0.15) is 12.0 Å². The third-order valence-electron chi connectivity index (χ3n) is 3.83. The van der Waals surface area contributed by atoms with Crippen molar-refractivity contribution in [1.82, 2.24) is 24.6 Å². The van der Waals surface area contributed by atoms with Gasteiger partial charge in [0.25, 0.3) is 5.91 Å². The summed E-state index contributed by atoms with van der Waals surface area (Å²) in [6.07, 6.45) is 4.15. The van der Waals surface area contributed by atoms with E-state index in [9.17, 15) is 9.18 Å². The molecule has 4 rings (SSSR count). The second-order valence-electron chi connectivity index (χ2n) is 5.46. The van der Waals surface area contributed by atoms with Crippen LogP contribution in [0.15, 0.2) is 36.8 Å². The second kappa shape index (κ2) is 5.84. The molecule has 9 heteroatoms. The maximum absolute atomic E-state index is 13.4. The van der Waals surface area contributed by atoms with Gasteiger partial charge in [-0.1, -0.05) is 0 Å². The highest BCUT2D eigenvalue weighted by Crippen LogP contribution is 2.20. The van der Waals surface area contributed by atoms with Gasteiger partial charge in [-0.2, -0.15) is 0 Å². The fourth-order valence-corrected chi connectivity index (χ4v) is 2.64. The molecule has 0 radical (unpaired) electrons. The zero-order valence-electron chi connectivity index (χ0n) is 12.6. The summed E-state index contributed by atoms with van der Waals surface area (Å²) in [6, 6.07) is 5.19. The molecule has 1 amide bonds. The smallest absolute Gasteiger partial charge is 0.278 e. The van der Waals surface area contributed by atoms with Crippen molar-refractivity contribution in [2.75, 3.05) is 23.3 Å². The zero-order chi connectivity index (χ0) is 16.5. The predicted molar refractivity (Wildman–Crippen MR) is 84.7 cm³/mol. The summed E-state index contributed by atoms with van der Waals surface area (Å²) in [7, 11) is 0. The number of nitrogens with one attached hydrogen (secondary N) is 1. The van der Waals surface area contributed by atoms with E-state index < -0.39 is 12.1 Å². The minimum Gasteiger partial charge on any atom is -0.352 e. The number of fused-ring (bicyclic) bond motifs is 1. The molecule has 8 nitrogen and oxygen atoms in total. The van der Waals surface area contributed by atoms with E-state index in [4.69, 9.17) is 0 Å². The van der Waals surface area contributed by atoms with Crippen LogP contribution < -0.4 is 10.2 Å². The van der Waals surface area contributed by atoms with E-state index in [1.165, 1.54) is 23.1 Å². The summed E-state index contributed by atoms with van der Waals surface area (Å²) in [5, 5.41) is 7.02. The van der Waals surface area contributed by atoms with Gasteiger partial charge in [-0.15, -0.1) is 5.10 Å². The SMILES string of the molecule is O=C(Nc1ncccn1)c1cnc2ccc(N3CC[C@H](F)C3)nn12. The van der Waals surface area contributed by atoms with Crippen LogP contribution in [0.3, 0.4) is 0 Å². The van der Waals surface area contributed by atoms with Gasteiger partial charge in [-0.05, 0) is 24.6 Å². The van der Waals surface area contributed by atoms with Gasteiger partial charge in [0, 0.05) is 18.9 Å². The van der Waals surface area contributed by atoms with Crippen molar-refractivity contribution in [3.05, 3.63) is 42.5 Å². The lowest BCUT2D eigenvalue weighted by atomic mass is 10.3. The summed E-state index contributed by atoms with van der Waals surface area (Å²) in [5.41, 5.74) is 0.796. The molecule has 1 saturated heterocycles. The highest BCUT2D eigenvalue weighted by molar-refractivity contribution is 6.02. The maximum Gasteiger partial charge on any atom is 0.278 e. The number of carbonyl (C=O) groups excluding carboxylic acids is 1. The minimum absolute atomic E-state index is 0.202. The van der Waals surface area contributed by atoms with E-state index in [1.807, 2.05) is 4.90 Å². The number of aromatic nitrogens is 5. The molecule has 1 aliphatic rings. The first-order valence-corrected chi connectivity index (χ1v) is 7.53. The fourth-order valence-electron chi connectivity index (χ4n) is 2.64. The van der Waals surface area contributed by atoms with Crippen LogP contribution in [0.1, 0.15) is 16.9 Å². The van der Waals surface area contributed by atoms with Gasteiger partial charge >= 0.3 is 0 Å². The first-order chi connectivity index (χ1) is 11.7. The normalized spacial score (nSPS) is 17.4. The molecule has 3 aromatic rings. The average molecular weight is 327 g/mol. The quantitative estimate of drug-likeness (QED) is 0.780. The number of anilines is 2. The topological polar surface area (TPSA) is 88.3 Å². The van der Waals surface area contributed by atoms with E-state index in [0.29, 0.717) is 31.0 Å². The lowest BCUT2D eigenvalue weighted by Gasteiger charge is -2.16. The minimum atomic E-state index is -0.844. The Labute approximate surface area is 136 Å². The molecular weight excluding hydrogens is 313 g/mol. The van der Waals surface area contributed by atoms with Gasteiger partial charge in [0.15, 0.2) is 11.3 Å². The van der Waals surface area contributed by atoms with E-state index in [1.54, 1.807) is 18.2 Å². The van der Waals surface area contributed by atoms with Crippen LogP contribution in [0.25, 0.3) is 5.65 Å². The molecule has 1 fully saturated rings. The highest BCUT2D eigenvalue weighted by atomic mass is 19.1. The van der Waals surface area contributed by atoms with Crippen LogP contribution >= 0.6 is 0 Å². The lowest BCUT2D eigenvalue weighted by molar-refractivity contribution is 0.101. The van der Waals surface area contributed by atoms with Crippen LogP contribution in [-0.2, 0) is 0 Å². The Balaban J connectivity index is 1.64. The first-order valence-electron chi connectivity index (χ1n) is 7.53. The molecule has 1 atom stereocenters. The van der Waals surface area contributed by atoms with Crippen molar-refractivity contribution < 1.29 is 9.18 Å². The van der Waals surface area contributed by atoms with E-state index in [0.717, 1.165) is 0 Å². The van der Waals surface area contributed by atoms with Gasteiger partial charge in [0.2, 0.25) is 5.95 Å². The van der Waals surface area contributed by atoms with Crippen molar-refractivity contribution in [3.63, 3.8) is 0 Å². The average Bonchev–Trinajstić information content (AvgIpc) is 3.21. The third kappa shape index (κ3) is 2.64. The van der Waals surface area contributed by atoms with Crippen LogP contribution in [0, 0.1) is 0 Å². The number of carbonyl (C=O) groups is 1. The Kier molecular flexibility index (Phi) is 3.52. The Hall–Kier alpha value is -3.10. The molecule has 3 aromatic heterocycles. The molecule has 0 aliphatic carbocycles. The zero-order valence-corrected chi connectivity index (χ0v) is 12.6. The largest absolute Gasteiger partial charge is 0.352 e. The molecule has 1 aliphatic heterocycles. The highest BCUT2D eigenvalue weighted by Gasteiger charge is 2.24.